The summed E-state index contributed by atoms with van der Waals surface area (Å²) in [7, 11) is 0. The first kappa shape index (κ1) is 16.6. The lowest BCUT2D eigenvalue weighted by atomic mass is 10.3. The van der Waals surface area contributed by atoms with Gasteiger partial charge in [0.1, 0.15) is 18.0 Å². The number of pyridine rings is 1. The van der Waals surface area contributed by atoms with Gasteiger partial charge in [-0.3, -0.25) is 0 Å². The summed E-state index contributed by atoms with van der Waals surface area (Å²) in [4.78, 5) is 17.9. The van der Waals surface area contributed by atoms with E-state index in [1.54, 1.807) is 10.8 Å². The molecule has 8 heteroatoms. The molecule has 1 fully saturated rings. The van der Waals surface area contributed by atoms with Gasteiger partial charge in [0.2, 0.25) is 5.88 Å². The molecule has 8 nitrogen and oxygen atoms in total. The predicted octanol–water partition coefficient (Wildman–Crippen LogP) is 1.94. The molecule has 1 saturated heterocycles. The Morgan fingerprint density at radius 1 is 1.04 bits per heavy atom. The molecule has 1 aliphatic heterocycles. The summed E-state index contributed by atoms with van der Waals surface area (Å²) < 4.78 is 7.52. The second-order valence-electron chi connectivity index (χ2n) is 6.70. The van der Waals surface area contributed by atoms with E-state index in [4.69, 9.17) is 4.74 Å². The van der Waals surface area contributed by atoms with E-state index in [9.17, 15) is 0 Å². The molecule has 0 atom stereocenters. The Labute approximate surface area is 152 Å². The maximum Gasteiger partial charge on any atom is 0.254 e. The molecule has 0 amide bonds. The SMILES string of the molecule is Cc1cc(N2CCN(c3cccc(OC(C)C)n3)CC2)n2ncnc2n1. The minimum absolute atomic E-state index is 0.120. The number of fused-ring (bicyclic) bond motifs is 1. The van der Waals surface area contributed by atoms with Crippen LogP contribution >= 0.6 is 0 Å². The molecule has 0 saturated carbocycles. The summed E-state index contributed by atoms with van der Waals surface area (Å²) in [5.74, 6) is 3.31. The maximum atomic E-state index is 5.71. The standard InChI is InChI=1S/C18H23N7O/c1-13(2)26-16-6-4-5-15(22-16)23-7-9-24(10-8-23)17-11-14(3)21-18-19-12-20-25(17)18/h4-6,11-13H,7-10H2,1-3H3. The number of aryl methyl sites for hydroxylation is 1. The lowest BCUT2D eigenvalue weighted by molar-refractivity contribution is 0.233. The van der Waals surface area contributed by atoms with Crippen molar-refractivity contribution in [1.29, 1.82) is 0 Å². The van der Waals surface area contributed by atoms with E-state index < -0.39 is 0 Å². The number of piperazine rings is 1. The summed E-state index contributed by atoms with van der Waals surface area (Å²) >= 11 is 0. The Hall–Kier alpha value is -2.90. The summed E-state index contributed by atoms with van der Waals surface area (Å²) in [6, 6.07) is 8.00. The first-order chi connectivity index (χ1) is 12.6. The van der Waals surface area contributed by atoms with Gasteiger partial charge < -0.3 is 14.5 Å². The molecular weight excluding hydrogens is 330 g/mol. The highest BCUT2D eigenvalue weighted by Crippen LogP contribution is 2.22. The number of nitrogens with zero attached hydrogens (tertiary/aromatic N) is 7. The van der Waals surface area contributed by atoms with Gasteiger partial charge in [-0.15, -0.1) is 0 Å². The molecule has 0 aromatic carbocycles. The molecular formula is C18H23N7O. The van der Waals surface area contributed by atoms with Crippen molar-refractivity contribution in [3.8, 4) is 5.88 Å². The topological polar surface area (TPSA) is 71.7 Å². The smallest absolute Gasteiger partial charge is 0.254 e. The highest BCUT2D eigenvalue weighted by molar-refractivity contribution is 5.50. The van der Waals surface area contributed by atoms with Gasteiger partial charge in [0.15, 0.2) is 0 Å². The fourth-order valence-corrected chi connectivity index (χ4v) is 3.19. The van der Waals surface area contributed by atoms with Gasteiger partial charge >= 0.3 is 0 Å². The van der Waals surface area contributed by atoms with E-state index in [1.807, 2.05) is 39.0 Å². The first-order valence-electron chi connectivity index (χ1n) is 8.91. The molecule has 0 spiro atoms. The summed E-state index contributed by atoms with van der Waals surface area (Å²) in [6.07, 6.45) is 1.67. The Balaban J connectivity index is 1.50. The fourth-order valence-electron chi connectivity index (χ4n) is 3.19. The van der Waals surface area contributed by atoms with E-state index >= 15 is 0 Å². The van der Waals surface area contributed by atoms with Crippen LogP contribution in [0.4, 0.5) is 11.6 Å². The van der Waals surface area contributed by atoms with Crippen LogP contribution in [-0.4, -0.2) is 56.8 Å². The Bertz CT molecular complexity index is 899. The molecule has 0 unspecified atom stereocenters. The molecule has 0 bridgehead atoms. The Kier molecular flexibility index (Phi) is 4.32. The highest BCUT2D eigenvalue weighted by Gasteiger charge is 2.21. The van der Waals surface area contributed by atoms with Gasteiger partial charge in [-0.1, -0.05) is 6.07 Å². The molecule has 4 rings (SSSR count). The van der Waals surface area contributed by atoms with Crippen molar-refractivity contribution in [3.63, 3.8) is 0 Å². The van der Waals surface area contributed by atoms with E-state index in [2.05, 4.69) is 35.9 Å². The number of hydrogen-bond donors (Lipinski definition) is 0. The van der Waals surface area contributed by atoms with Gasteiger partial charge in [-0.05, 0) is 26.8 Å². The molecule has 136 valence electrons. The number of ether oxygens (including phenoxy) is 1. The highest BCUT2D eigenvalue weighted by atomic mass is 16.5. The normalized spacial score (nSPS) is 15.1. The third-order valence-corrected chi connectivity index (χ3v) is 4.35. The van der Waals surface area contributed by atoms with Crippen LogP contribution in [0.5, 0.6) is 5.88 Å². The third-order valence-electron chi connectivity index (χ3n) is 4.35. The van der Waals surface area contributed by atoms with E-state index in [-0.39, 0.29) is 6.10 Å². The summed E-state index contributed by atoms with van der Waals surface area (Å²) in [6.45, 7) is 9.54. The van der Waals surface area contributed by atoms with Gasteiger partial charge in [0, 0.05) is 44.0 Å². The van der Waals surface area contributed by atoms with Crippen LogP contribution in [0.1, 0.15) is 19.5 Å². The van der Waals surface area contributed by atoms with Crippen LogP contribution < -0.4 is 14.5 Å². The molecule has 26 heavy (non-hydrogen) atoms. The zero-order valence-corrected chi connectivity index (χ0v) is 15.3. The monoisotopic (exact) mass is 353 g/mol. The number of aromatic nitrogens is 5. The Morgan fingerprint density at radius 3 is 2.58 bits per heavy atom. The fraction of sp³-hybridized carbons (Fsp3) is 0.444. The van der Waals surface area contributed by atoms with Gasteiger partial charge in [-0.2, -0.15) is 19.6 Å². The molecule has 3 aromatic rings. The van der Waals surface area contributed by atoms with Crippen LogP contribution in [0.25, 0.3) is 5.78 Å². The predicted molar refractivity (Wildman–Crippen MR) is 99.9 cm³/mol. The number of anilines is 2. The van der Waals surface area contributed by atoms with E-state index in [0.29, 0.717) is 11.7 Å². The number of hydrogen-bond acceptors (Lipinski definition) is 7. The second kappa shape index (κ2) is 6.78. The quantitative estimate of drug-likeness (QED) is 0.710. The molecule has 0 aliphatic carbocycles. The first-order valence-corrected chi connectivity index (χ1v) is 8.91. The molecule has 1 aliphatic rings. The van der Waals surface area contributed by atoms with Crippen molar-refractivity contribution in [3.05, 3.63) is 36.3 Å². The lowest BCUT2D eigenvalue weighted by Gasteiger charge is -2.36. The average Bonchev–Trinajstić information content (AvgIpc) is 3.09. The van der Waals surface area contributed by atoms with Crippen molar-refractivity contribution in [2.45, 2.75) is 26.9 Å². The number of rotatable bonds is 4. The van der Waals surface area contributed by atoms with Gasteiger partial charge in [0.05, 0.1) is 6.10 Å². The maximum absolute atomic E-state index is 5.71. The van der Waals surface area contributed by atoms with Crippen molar-refractivity contribution >= 4 is 17.4 Å². The van der Waals surface area contributed by atoms with Crippen molar-refractivity contribution in [2.24, 2.45) is 0 Å². The lowest BCUT2D eigenvalue weighted by Crippen LogP contribution is -2.47. The molecule has 4 heterocycles. The second-order valence-corrected chi connectivity index (χ2v) is 6.70. The van der Waals surface area contributed by atoms with Crippen LogP contribution in [0.3, 0.4) is 0 Å². The summed E-state index contributed by atoms with van der Waals surface area (Å²) in [5, 5.41) is 4.31. The van der Waals surface area contributed by atoms with Crippen molar-refractivity contribution < 1.29 is 4.74 Å². The van der Waals surface area contributed by atoms with Crippen LogP contribution in [-0.2, 0) is 0 Å². The van der Waals surface area contributed by atoms with E-state index in [1.165, 1.54) is 0 Å². The Morgan fingerprint density at radius 2 is 1.81 bits per heavy atom. The van der Waals surface area contributed by atoms with Crippen LogP contribution in [0.2, 0.25) is 0 Å². The molecule has 0 radical (unpaired) electrons. The van der Waals surface area contributed by atoms with Crippen molar-refractivity contribution in [1.82, 2.24) is 24.6 Å². The minimum Gasteiger partial charge on any atom is -0.475 e. The zero-order valence-electron chi connectivity index (χ0n) is 15.3. The zero-order chi connectivity index (χ0) is 18.1. The largest absolute Gasteiger partial charge is 0.475 e. The molecule has 3 aromatic heterocycles. The van der Waals surface area contributed by atoms with Crippen molar-refractivity contribution in [2.75, 3.05) is 36.0 Å². The molecule has 0 N–H and O–H groups in total. The minimum atomic E-state index is 0.120. The van der Waals surface area contributed by atoms with Crippen LogP contribution in [0.15, 0.2) is 30.6 Å². The summed E-state index contributed by atoms with van der Waals surface area (Å²) in [5.41, 5.74) is 0.947. The third kappa shape index (κ3) is 3.26. The van der Waals surface area contributed by atoms with Gasteiger partial charge in [-0.25, -0.2) is 4.98 Å². The average molecular weight is 353 g/mol. The van der Waals surface area contributed by atoms with Gasteiger partial charge in [0.25, 0.3) is 5.78 Å². The van der Waals surface area contributed by atoms with Crippen LogP contribution in [0, 0.1) is 6.92 Å². The van der Waals surface area contributed by atoms with E-state index in [0.717, 1.165) is 43.5 Å².